The molecule has 0 saturated carbocycles. The first-order valence-corrected chi connectivity index (χ1v) is 15.2. The Morgan fingerprint density at radius 1 is 0.950 bits per heavy atom. The molecule has 0 heterocycles. The summed E-state index contributed by atoms with van der Waals surface area (Å²) in [7, 11) is -4.13. The van der Waals surface area contributed by atoms with Gasteiger partial charge in [0.05, 0.1) is 10.6 Å². The molecule has 0 aromatic heterocycles. The van der Waals surface area contributed by atoms with Gasteiger partial charge in [0, 0.05) is 18.1 Å². The Bertz CT molecular complexity index is 1430. The van der Waals surface area contributed by atoms with E-state index in [4.69, 9.17) is 11.6 Å². The van der Waals surface area contributed by atoms with Crippen LogP contribution in [0.5, 0.6) is 0 Å². The second kappa shape index (κ2) is 13.8. The first kappa shape index (κ1) is 31.2. The monoisotopic (exact) mass is 583 g/mol. The molecule has 0 spiro atoms. The predicted molar refractivity (Wildman–Crippen MR) is 161 cm³/mol. The number of nitrogens with one attached hydrogen (secondary N) is 1. The molecule has 1 atom stereocenters. The second-order valence-electron chi connectivity index (χ2n) is 10.3. The SMILES string of the molecule is CC[C@@H](C(=O)NCC(C)C)N(Cc1cccc(C)c1)C(=O)CN(c1ccc(Cl)cc1C)S(=O)(=O)c1ccccc1. The fourth-order valence-corrected chi connectivity index (χ4v) is 6.21. The number of hydrogen-bond donors (Lipinski definition) is 1. The normalized spacial score (nSPS) is 12.2. The smallest absolute Gasteiger partial charge is 0.264 e. The minimum absolute atomic E-state index is 0.0594. The fourth-order valence-electron chi connectivity index (χ4n) is 4.48. The molecule has 1 N–H and O–H groups in total. The molecule has 0 bridgehead atoms. The Hall–Kier alpha value is -3.36. The summed E-state index contributed by atoms with van der Waals surface area (Å²) in [5.74, 6) is -0.513. The number of nitrogens with zero attached hydrogens (tertiary/aromatic N) is 2. The second-order valence-corrected chi connectivity index (χ2v) is 12.6. The Morgan fingerprint density at radius 2 is 1.65 bits per heavy atom. The number of amides is 2. The first-order valence-electron chi connectivity index (χ1n) is 13.4. The molecule has 40 heavy (non-hydrogen) atoms. The maximum Gasteiger partial charge on any atom is 0.264 e. The molecule has 0 unspecified atom stereocenters. The van der Waals surface area contributed by atoms with Crippen molar-refractivity contribution < 1.29 is 18.0 Å². The van der Waals surface area contributed by atoms with E-state index >= 15 is 0 Å². The largest absolute Gasteiger partial charge is 0.354 e. The topological polar surface area (TPSA) is 86.8 Å². The summed E-state index contributed by atoms with van der Waals surface area (Å²) >= 11 is 6.17. The van der Waals surface area contributed by atoms with Gasteiger partial charge in [-0.05, 0) is 67.6 Å². The standard InChI is InChI=1S/C31H38ClN3O4S/c1-6-28(31(37)33-19-22(2)3)34(20-25-12-10-11-23(4)17-25)30(36)21-35(29-16-15-26(32)18-24(29)5)40(38,39)27-13-8-7-9-14-27/h7-18,22,28H,6,19-21H2,1-5H3,(H,33,37)/t28-/m0/s1. The van der Waals surface area contributed by atoms with Crippen LogP contribution in [0.15, 0.2) is 77.7 Å². The highest BCUT2D eigenvalue weighted by molar-refractivity contribution is 7.92. The van der Waals surface area contributed by atoms with Crippen LogP contribution in [0.4, 0.5) is 5.69 Å². The van der Waals surface area contributed by atoms with Crippen molar-refractivity contribution in [1.29, 1.82) is 0 Å². The van der Waals surface area contributed by atoms with E-state index in [-0.39, 0.29) is 23.3 Å². The zero-order chi connectivity index (χ0) is 29.4. The highest BCUT2D eigenvalue weighted by atomic mass is 35.5. The first-order chi connectivity index (χ1) is 18.9. The van der Waals surface area contributed by atoms with Gasteiger partial charge in [-0.15, -0.1) is 0 Å². The Labute approximate surface area is 243 Å². The highest BCUT2D eigenvalue weighted by Gasteiger charge is 2.34. The van der Waals surface area contributed by atoms with Gasteiger partial charge in [-0.3, -0.25) is 13.9 Å². The van der Waals surface area contributed by atoms with Gasteiger partial charge in [0.2, 0.25) is 11.8 Å². The molecule has 0 radical (unpaired) electrons. The van der Waals surface area contributed by atoms with Crippen LogP contribution in [0.25, 0.3) is 0 Å². The molecule has 2 amide bonds. The average Bonchev–Trinajstić information content (AvgIpc) is 2.91. The van der Waals surface area contributed by atoms with Gasteiger partial charge in [-0.2, -0.15) is 0 Å². The van der Waals surface area contributed by atoms with Crippen LogP contribution in [0, 0.1) is 19.8 Å². The number of anilines is 1. The third-order valence-electron chi connectivity index (χ3n) is 6.54. The van der Waals surface area contributed by atoms with Gasteiger partial charge in [0.15, 0.2) is 0 Å². The summed E-state index contributed by atoms with van der Waals surface area (Å²) in [6, 6.07) is 19.8. The zero-order valence-corrected chi connectivity index (χ0v) is 25.3. The Kier molecular flexibility index (Phi) is 10.8. The van der Waals surface area contributed by atoms with Crippen LogP contribution in [-0.2, 0) is 26.2 Å². The zero-order valence-electron chi connectivity index (χ0n) is 23.7. The summed E-state index contributed by atoms with van der Waals surface area (Å²) in [4.78, 5) is 29.0. The van der Waals surface area contributed by atoms with Crippen LogP contribution in [0.3, 0.4) is 0 Å². The lowest BCUT2D eigenvalue weighted by molar-refractivity contribution is -0.140. The van der Waals surface area contributed by atoms with E-state index in [9.17, 15) is 18.0 Å². The third kappa shape index (κ3) is 7.86. The number of carbonyl (C=O) groups is 2. The maximum absolute atomic E-state index is 14.1. The summed E-state index contributed by atoms with van der Waals surface area (Å²) in [6.45, 7) is 9.69. The molecule has 0 fully saturated rings. The minimum Gasteiger partial charge on any atom is -0.354 e. The average molecular weight is 584 g/mol. The maximum atomic E-state index is 14.1. The molecule has 214 valence electrons. The fraction of sp³-hybridized carbons (Fsp3) is 0.355. The molecule has 3 aromatic rings. The minimum atomic E-state index is -4.13. The van der Waals surface area contributed by atoms with Crippen LogP contribution in [0.1, 0.15) is 43.9 Å². The summed E-state index contributed by atoms with van der Waals surface area (Å²) in [5, 5.41) is 3.40. The summed E-state index contributed by atoms with van der Waals surface area (Å²) < 4.78 is 29.0. The predicted octanol–water partition coefficient (Wildman–Crippen LogP) is 5.73. The summed E-state index contributed by atoms with van der Waals surface area (Å²) in [5.41, 5.74) is 2.82. The molecule has 0 aliphatic rings. The van der Waals surface area contributed by atoms with Crippen molar-refractivity contribution in [2.24, 2.45) is 5.92 Å². The van der Waals surface area contributed by atoms with Crippen molar-refractivity contribution in [3.05, 3.63) is 94.5 Å². The van der Waals surface area contributed by atoms with E-state index in [2.05, 4.69) is 5.32 Å². The van der Waals surface area contributed by atoms with Crippen molar-refractivity contribution in [2.75, 3.05) is 17.4 Å². The van der Waals surface area contributed by atoms with E-state index in [1.54, 1.807) is 43.3 Å². The van der Waals surface area contributed by atoms with E-state index in [0.29, 0.717) is 29.2 Å². The van der Waals surface area contributed by atoms with Crippen molar-refractivity contribution in [3.63, 3.8) is 0 Å². The molecule has 0 saturated heterocycles. The van der Waals surface area contributed by atoms with Gasteiger partial charge < -0.3 is 10.2 Å². The lowest BCUT2D eigenvalue weighted by Crippen LogP contribution is -2.52. The van der Waals surface area contributed by atoms with Crippen LogP contribution >= 0.6 is 11.6 Å². The van der Waals surface area contributed by atoms with E-state index in [1.807, 2.05) is 52.0 Å². The highest BCUT2D eigenvalue weighted by Crippen LogP contribution is 2.29. The number of benzene rings is 3. The lowest BCUT2D eigenvalue weighted by atomic mass is 10.1. The van der Waals surface area contributed by atoms with E-state index in [0.717, 1.165) is 15.4 Å². The Morgan fingerprint density at radius 3 is 2.25 bits per heavy atom. The van der Waals surface area contributed by atoms with Crippen molar-refractivity contribution in [3.8, 4) is 0 Å². The van der Waals surface area contributed by atoms with Crippen molar-refractivity contribution >= 4 is 39.1 Å². The Balaban J connectivity index is 2.07. The third-order valence-corrected chi connectivity index (χ3v) is 8.55. The quantitative estimate of drug-likeness (QED) is 0.295. The molecule has 0 aliphatic carbocycles. The van der Waals surface area contributed by atoms with Crippen LogP contribution in [-0.4, -0.2) is 44.3 Å². The van der Waals surface area contributed by atoms with Gasteiger partial charge in [-0.25, -0.2) is 8.42 Å². The number of halogens is 1. The number of hydrogen-bond acceptors (Lipinski definition) is 4. The number of aryl methyl sites for hydroxylation is 2. The van der Waals surface area contributed by atoms with Gasteiger partial charge in [0.25, 0.3) is 10.0 Å². The van der Waals surface area contributed by atoms with Gasteiger partial charge >= 0.3 is 0 Å². The molecule has 3 aromatic carbocycles. The van der Waals surface area contributed by atoms with Crippen molar-refractivity contribution in [2.45, 2.75) is 58.5 Å². The van der Waals surface area contributed by atoms with Crippen LogP contribution in [0.2, 0.25) is 5.02 Å². The van der Waals surface area contributed by atoms with Crippen molar-refractivity contribution in [1.82, 2.24) is 10.2 Å². The number of sulfonamides is 1. The molecular formula is C31H38ClN3O4S. The number of rotatable bonds is 12. The molecule has 9 heteroatoms. The molecule has 7 nitrogen and oxygen atoms in total. The number of carbonyl (C=O) groups excluding carboxylic acids is 2. The van der Waals surface area contributed by atoms with E-state index < -0.39 is 28.5 Å². The van der Waals surface area contributed by atoms with Gasteiger partial charge in [0.1, 0.15) is 12.6 Å². The molecule has 0 aliphatic heterocycles. The van der Waals surface area contributed by atoms with E-state index in [1.165, 1.54) is 17.0 Å². The lowest BCUT2D eigenvalue weighted by Gasteiger charge is -2.33. The summed E-state index contributed by atoms with van der Waals surface area (Å²) in [6.07, 6.45) is 0.368. The van der Waals surface area contributed by atoms with Gasteiger partial charge in [-0.1, -0.05) is 80.4 Å². The van der Waals surface area contributed by atoms with Crippen LogP contribution < -0.4 is 9.62 Å². The molecular weight excluding hydrogens is 546 g/mol. The molecule has 3 rings (SSSR count).